The maximum absolute atomic E-state index is 12.2. The maximum atomic E-state index is 12.2. The Bertz CT molecular complexity index is 984. The number of nitrogens with zero attached hydrogens (tertiary/aromatic N) is 4. The first-order chi connectivity index (χ1) is 14.8. The highest BCUT2D eigenvalue weighted by Gasteiger charge is 2.34. The van der Waals surface area contributed by atoms with Gasteiger partial charge in [-0.1, -0.05) is 6.92 Å². The van der Waals surface area contributed by atoms with Gasteiger partial charge in [0.2, 0.25) is 0 Å². The first-order valence-corrected chi connectivity index (χ1v) is 11.9. The van der Waals surface area contributed by atoms with Crippen LogP contribution in [0.15, 0.2) is 6.33 Å². The van der Waals surface area contributed by atoms with Crippen LogP contribution in [0, 0.1) is 5.41 Å². The van der Waals surface area contributed by atoms with Crippen molar-refractivity contribution in [1.82, 2.24) is 24.3 Å². The van der Waals surface area contributed by atoms with E-state index < -0.39 is 21.9 Å². The van der Waals surface area contributed by atoms with Crippen molar-refractivity contribution in [3.8, 4) is 0 Å². The average molecular weight is 470 g/mol. The highest BCUT2D eigenvalue weighted by molar-refractivity contribution is 7.88. The Morgan fingerprint density at radius 2 is 1.94 bits per heavy atom. The first kappa shape index (κ1) is 24.0. The van der Waals surface area contributed by atoms with Crippen LogP contribution in [0.1, 0.15) is 46.1 Å². The molecule has 0 radical (unpaired) electrons. The third-order valence-electron chi connectivity index (χ3n) is 5.47. The fourth-order valence-corrected chi connectivity index (χ4v) is 4.46. The number of nitrogens with one attached hydrogen (secondary N) is 3. The molecule has 3 heterocycles. The lowest BCUT2D eigenvalue weighted by atomic mass is 9.80. The molecule has 13 heteroatoms. The van der Waals surface area contributed by atoms with Crippen molar-refractivity contribution in [2.75, 3.05) is 36.9 Å². The molecule has 1 fully saturated rings. The smallest absolute Gasteiger partial charge is 0.422 e. The van der Waals surface area contributed by atoms with E-state index in [1.807, 2.05) is 11.6 Å². The summed E-state index contributed by atoms with van der Waals surface area (Å²) in [4.78, 5) is 35.9. The van der Waals surface area contributed by atoms with Crippen molar-refractivity contribution in [1.29, 1.82) is 0 Å². The number of carbonyl (C=O) groups excluding carboxylic acids is 2. The number of fused-ring (bicyclic) bond motifs is 1. The number of piperidine rings is 1. The Labute approximate surface area is 188 Å². The number of hydrogen-bond donors (Lipinski definition) is 3. The summed E-state index contributed by atoms with van der Waals surface area (Å²) < 4.78 is 33.8. The second kappa shape index (κ2) is 8.70. The predicted molar refractivity (Wildman–Crippen MR) is 118 cm³/mol. The van der Waals surface area contributed by atoms with Gasteiger partial charge in [0, 0.05) is 26.7 Å². The molecule has 0 bridgehead atoms. The van der Waals surface area contributed by atoms with Crippen molar-refractivity contribution in [2.45, 2.75) is 52.7 Å². The minimum atomic E-state index is -4.03. The molecule has 2 aliphatic rings. The largest absolute Gasteiger partial charge is 0.443 e. The number of aromatic nitrogens is 2. The number of urea groups is 1. The molecule has 3 amide bonds. The molecule has 0 aliphatic carbocycles. The molecule has 1 saturated heterocycles. The Balaban J connectivity index is 1.58. The van der Waals surface area contributed by atoms with Crippen molar-refractivity contribution >= 4 is 34.0 Å². The van der Waals surface area contributed by atoms with Gasteiger partial charge in [-0.3, -0.25) is 5.32 Å². The number of ether oxygens (including phenoxy) is 1. The van der Waals surface area contributed by atoms with Crippen LogP contribution in [-0.2, 0) is 21.5 Å². The highest BCUT2D eigenvalue weighted by atomic mass is 32.2. The van der Waals surface area contributed by atoms with Gasteiger partial charge in [-0.15, -0.1) is 0 Å². The summed E-state index contributed by atoms with van der Waals surface area (Å²) in [7, 11) is -2.33. The Hall–Kier alpha value is -2.67. The molecule has 0 aromatic carbocycles. The summed E-state index contributed by atoms with van der Waals surface area (Å²) >= 11 is 0. The summed E-state index contributed by atoms with van der Waals surface area (Å²) in [5.74, 6) is 1.29. The number of anilines is 2. The van der Waals surface area contributed by atoms with Crippen LogP contribution < -0.4 is 19.7 Å². The fourth-order valence-electron chi connectivity index (χ4n) is 3.58. The van der Waals surface area contributed by atoms with Crippen molar-refractivity contribution in [2.24, 2.45) is 5.41 Å². The molecule has 0 spiro atoms. The van der Waals surface area contributed by atoms with Gasteiger partial charge < -0.3 is 14.5 Å². The lowest BCUT2D eigenvalue weighted by Crippen LogP contribution is -2.49. The van der Waals surface area contributed by atoms with Crippen LogP contribution in [0.4, 0.5) is 21.2 Å². The van der Waals surface area contributed by atoms with Crippen molar-refractivity contribution in [3.63, 3.8) is 0 Å². The summed E-state index contributed by atoms with van der Waals surface area (Å²) in [5.41, 5.74) is -0.228. The highest BCUT2D eigenvalue weighted by Crippen LogP contribution is 2.35. The van der Waals surface area contributed by atoms with E-state index in [4.69, 9.17) is 4.74 Å². The molecule has 2 aliphatic heterocycles. The molecule has 1 aromatic heterocycles. The fraction of sp³-hybridized carbons (Fsp3) is 0.684. The first-order valence-electron chi connectivity index (χ1n) is 10.4. The summed E-state index contributed by atoms with van der Waals surface area (Å²) in [6.07, 6.45) is 1.84. The maximum Gasteiger partial charge on any atom is 0.422 e. The summed E-state index contributed by atoms with van der Waals surface area (Å²) in [6.45, 7) is 8.90. The van der Waals surface area contributed by atoms with Crippen LogP contribution in [0.25, 0.3) is 0 Å². The van der Waals surface area contributed by atoms with E-state index in [1.165, 1.54) is 6.33 Å². The molecule has 3 rings (SSSR count). The molecule has 1 aromatic rings. The van der Waals surface area contributed by atoms with Gasteiger partial charge >= 0.3 is 22.3 Å². The number of rotatable bonds is 5. The summed E-state index contributed by atoms with van der Waals surface area (Å²) in [5, 5.41) is 2.76. The van der Waals surface area contributed by atoms with E-state index in [0.717, 1.165) is 11.4 Å². The van der Waals surface area contributed by atoms with Crippen LogP contribution >= 0.6 is 0 Å². The van der Waals surface area contributed by atoms with Gasteiger partial charge in [0.1, 0.15) is 23.6 Å². The third kappa shape index (κ3) is 5.97. The van der Waals surface area contributed by atoms with E-state index in [-0.39, 0.29) is 18.0 Å². The van der Waals surface area contributed by atoms with Crippen molar-refractivity contribution < 1.29 is 22.7 Å². The van der Waals surface area contributed by atoms with Gasteiger partial charge in [-0.25, -0.2) is 24.3 Å². The SMILES string of the molecule is CN1Cc2c(ncnc2N2CCC(C)(CNS(=O)(=O)NC(=O)OC(C)(C)C)CC2)NC1=O. The van der Waals surface area contributed by atoms with Gasteiger partial charge in [0.25, 0.3) is 0 Å². The van der Waals surface area contributed by atoms with Crippen molar-refractivity contribution in [3.05, 3.63) is 11.9 Å². The monoisotopic (exact) mass is 469 g/mol. The minimum Gasteiger partial charge on any atom is -0.443 e. The van der Waals surface area contributed by atoms with E-state index in [9.17, 15) is 18.0 Å². The third-order valence-corrected chi connectivity index (χ3v) is 6.43. The quantitative estimate of drug-likeness (QED) is 0.587. The topological polar surface area (TPSA) is 146 Å². The average Bonchev–Trinajstić information content (AvgIpc) is 2.66. The number of carbonyl (C=O) groups is 2. The van der Waals surface area contributed by atoms with E-state index in [0.29, 0.717) is 38.3 Å². The van der Waals surface area contributed by atoms with E-state index in [2.05, 4.69) is 24.9 Å². The van der Waals surface area contributed by atoms with Crippen LogP contribution in [0.5, 0.6) is 0 Å². The zero-order valence-electron chi connectivity index (χ0n) is 19.1. The van der Waals surface area contributed by atoms with Gasteiger partial charge in [0.05, 0.1) is 12.1 Å². The molecule has 12 nitrogen and oxygen atoms in total. The molecule has 178 valence electrons. The number of amides is 3. The Kier molecular flexibility index (Phi) is 6.52. The van der Waals surface area contributed by atoms with Gasteiger partial charge in [-0.05, 0) is 39.0 Å². The summed E-state index contributed by atoms with van der Waals surface area (Å²) in [6, 6.07) is -0.208. The minimum absolute atomic E-state index is 0.180. The Morgan fingerprint density at radius 3 is 2.56 bits per heavy atom. The normalized spacial score (nSPS) is 18.6. The lowest BCUT2D eigenvalue weighted by molar-refractivity contribution is 0.0569. The van der Waals surface area contributed by atoms with Gasteiger partial charge in [-0.2, -0.15) is 13.1 Å². The van der Waals surface area contributed by atoms with Crippen LogP contribution in [0.2, 0.25) is 0 Å². The van der Waals surface area contributed by atoms with Crippen LogP contribution in [0.3, 0.4) is 0 Å². The van der Waals surface area contributed by atoms with Gasteiger partial charge in [0.15, 0.2) is 0 Å². The zero-order valence-corrected chi connectivity index (χ0v) is 19.9. The zero-order chi connectivity index (χ0) is 23.7. The number of hydrogen-bond acceptors (Lipinski definition) is 8. The molecule has 32 heavy (non-hydrogen) atoms. The van der Waals surface area contributed by atoms with E-state index in [1.54, 1.807) is 32.7 Å². The lowest BCUT2D eigenvalue weighted by Gasteiger charge is -2.41. The predicted octanol–water partition coefficient (Wildman–Crippen LogP) is 1.42. The Morgan fingerprint density at radius 1 is 1.28 bits per heavy atom. The molecular weight excluding hydrogens is 438 g/mol. The molecule has 0 unspecified atom stereocenters. The molecule has 0 atom stereocenters. The molecular formula is C19H31N7O5S. The molecule has 3 N–H and O–H groups in total. The van der Waals surface area contributed by atoms with E-state index >= 15 is 0 Å². The molecule has 0 saturated carbocycles. The second-order valence-electron chi connectivity index (χ2n) is 9.54. The standard InChI is InChI=1S/C19H31N7O5S/c1-18(2,3)31-17(28)24-32(29,30)22-11-19(4)6-8-26(9-7-19)15-13-10-25(5)16(27)23-14(13)20-12-21-15/h12,22H,6-11H2,1-5H3,(H,24,28)(H,20,21,23,27). The second-order valence-corrected chi connectivity index (χ2v) is 11.0. The van der Waals surface area contributed by atoms with Crippen LogP contribution in [-0.4, -0.2) is 67.7 Å².